The fraction of sp³-hybridized carbons (Fsp3) is 0.133. The molecule has 1 heterocycles. The second kappa shape index (κ2) is 7.76. The number of hydrogen-bond donors (Lipinski definition) is 2. The summed E-state index contributed by atoms with van der Waals surface area (Å²) in [5.74, 6) is -0.418. The van der Waals surface area contributed by atoms with Crippen LogP contribution in [0.4, 0.5) is 5.69 Å². The first-order valence-corrected chi connectivity index (χ1v) is 6.78. The summed E-state index contributed by atoms with van der Waals surface area (Å²) < 4.78 is 1.68. The molecule has 2 aromatic rings. The summed E-state index contributed by atoms with van der Waals surface area (Å²) >= 11 is 0. The number of nitro benzene ring substituents is 1. The first-order chi connectivity index (χ1) is 11.1. The highest BCUT2D eigenvalue weighted by Crippen LogP contribution is 2.11. The summed E-state index contributed by atoms with van der Waals surface area (Å²) in [7, 11) is 0. The van der Waals surface area contributed by atoms with Crippen LogP contribution in [0.5, 0.6) is 0 Å². The predicted octanol–water partition coefficient (Wildman–Crippen LogP) is 0.639. The average molecular weight is 315 g/mol. The molecule has 0 radical (unpaired) electrons. The predicted molar refractivity (Wildman–Crippen MR) is 81.9 cm³/mol. The van der Waals surface area contributed by atoms with Gasteiger partial charge in [-0.2, -0.15) is 5.10 Å². The van der Waals surface area contributed by atoms with Gasteiger partial charge in [-0.3, -0.25) is 14.9 Å². The van der Waals surface area contributed by atoms with Gasteiger partial charge < -0.3 is 5.11 Å². The molecule has 0 aliphatic carbocycles. The number of nitro groups is 1. The largest absolute Gasteiger partial charge is 0.390 e. The van der Waals surface area contributed by atoms with Crippen molar-refractivity contribution in [2.45, 2.75) is 6.54 Å². The number of benzene rings is 1. The number of aliphatic hydroxyl groups is 1. The molecule has 1 aromatic heterocycles. The van der Waals surface area contributed by atoms with E-state index in [2.05, 4.69) is 10.5 Å². The van der Waals surface area contributed by atoms with E-state index < -0.39 is 10.8 Å². The Morgan fingerprint density at radius 3 is 2.96 bits per heavy atom. The van der Waals surface area contributed by atoms with Crippen LogP contribution in [0.1, 0.15) is 15.9 Å². The molecule has 8 nitrogen and oxygen atoms in total. The van der Waals surface area contributed by atoms with Crippen LogP contribution in [-0.2, 0) is 6.54 Å². The van der Waals surface area contributed by atoms with Crippen molar-refractivity contribution in [3.05, 3.63) is 70.0 Å². The topological polar surface area (TPSA) is 109 Å². The molecule has 0 aliphatic heterocycles. The van der Waals surface area contributed by atoms with Crippen molar-refractivity contribution >= 4 is 17.8 Å². The summed E-state index contributed by atoms with van der Waals surface area (Å²) in [6.07, 6.45) is 4.66. The zero-order valence-electron chi connectivity index (χ0n) is 12.1. The van der Waals surface area contributed by atoms with Crippen molar-refractivity contribution in [1.29, 1.82) is 0 Å². The number of aromatic nitrogens is 1. The Hall–Kier alpha value is -3.13. The van der Waals surface area contributed by atoms with Gasteiger partial charge in [0.25, 0.3) is 11.6 Å². The lowest BCUT2D eigenvalue weighted by molar-refractivity contribution is -0.698. The van der Waals surface area contributed by atoms with Crippen molar-refractivity contribution < 1.29 is 19.4 Å². The number of amides is 1. The minimum atomic E-state index is -0.500. The second-order valence-electron chi connectivity index (χ2n) is 4.61. The van der Waals surface area contributed by atoms with Gasteiger partial charge >= 0.3 is 0 Å². The van der Waals surface area contributed by atoms with E-state index >= 15 is 0 Å². The Labute approximate surface area is 131 Å². The average Bonchev–Trinajstić information content (AvgIpc) is 2.55. The van der Waals surface area contributed by atoms with Gasteiger partial charge in [-0.25, -0.2) is 9.99 Å². The standard InChI is InChI=1S/C15H14N4O4/c20-8-7-18-6-2-4-13(11-18)15(21)17-16-10-12-3-1-5-14(9-12)19(22)23/h1-6,9-11,20H,7-8H2/p+1/b16-10+. The third-order valence-electron chi connectivity index (χ3n) is 2.94. The van der Waals surface area contributed by atoms with Gasteiger partial charge in [0.1, 0.15) is 12.2 Å². The number of carbonyl (C=O) groups is 1. The van der Waals surface area contributed by atoms with Crippen molar-refractivity contribution in [3.8, 4) is 0 Å². The molecule has 2 rings (SSSR count). The van der Waals surface area contributed by atoms with E-state index in [0.29, 0.717) is 17.7 Å². The maximum absolute atomic E-state index is 12.0. The molecule has 23 heavy (non-hydrogen) atoms. The molecule has 0 atom stereocenters. The van der Waals surface area contributed by atoms with Gasteiger partial charge in [0.15, 0.2) is 18.9 Å². The van der Waals surface area contributed by atoms with E-state index in [9.17, 15) is 14.9 Å². The number of pyridine rings is 1. The molecule has 0 fully saturated rings. The van der Waals surface area contributed by atoms with Crippen molar-refractivity contribution in [2.24, 2.45) is 5.10 Å². The monoisotopic (exact) mass is 315 g/mol. The maximum Gasteiger partial charge on any atom is 0.277 e. The fourth-order valence-corrected chi connectivity index (χ4v) is 1.86. The van der Waals surface area contributed by atoms with Crippen molar-refractivity contribution in [1.82, 2.24) is 5.43 Å². The van der Waals surface area contributed by atoms with E-state index in [-0.39, 0.29) is 12.3 Å². The Balaban J connectivity index is 2.02. The lowest BCUT2D eigenvalue weighted by Crippen LogP contribution is -2.36. The minimum absolute atomic E-state index is 0.0271. The van der Waals surface area contributed by atoms with E-state index in [0.717, 1.165) is 0 Å². The number of nitrogens with one attached hydrogen (secondary N) is 1. The highest BCUT2D eigenvalue weighted by molar-refractivity contribution is 5.94. The summed E-state index contributed by atoms with van der Waals surface area (Å²) in [5.41, 5.74) is 3.19. The summed E-state index contributed by atoms with van der Waals surface area (Å²) in [6.45, 7) is 0.360. The molecule has 0 saturated heterocycles. The quantitative estimate of drug-likeness (QED) is 0.353. The summed E-state index contributed by atoms with van der Waals surface area (Å²) in [4.78, 5) is 22.1. The van der Waals surface area contributed by atoms with Crippen LogP contribution in [0, 0.1) is 10.1 Å². The molecule has 118 valence electrons. The molecule has 8 heteroatoms. The number of non-ortho nitro benzene ring substituents is 1. The summed E-state index contributed by atoms with van der Waals surface area (Å²) in [5, 5.41) is 23.4. The first-order valence-electron chi connectivity index (χ1n) is 6.78. The molecule has 1 amide bonds. The highest BCUT2D eigenvalue weighted by atomic mass is 16.6. The second-order valence-corrected chi connectivity index (χ2v) is 4.61. The number of rotatable bonds is 6. The van der Waals surface area contributed by atoms with Crippen LogP contribution in [0.15, 0.2) is 53.9 Å². The minimum Gasteiger partial charge on any atom is -0.390 e. The molecular formula is C15H15N4O4+. The van der Waals surface area contributed by atoms with Gasteiger partial charge in [0, 0.05) is 23.8 Å². The lowest BCUT2D eigenvalue weighted by Gasteiger charge is -1.99. The molecule has 0 unspecified atom stereocenters. The Kier molecular flexibility index (Phi) is 5.48. The summed E-state index contributed by atoms with van der Waals surface area (Å²) in [6, 6.07) is 9.21. The van der Waals surface area contributed by atoms with Gasteiger partial charge in [0.05, 0.1) is 11.1 Å². The van der Waals surface area contributed by atoms with Crippen LogP contribution in [-0.4, -0.2) is 28.8 Å². The van der Waals surface area contributed by atoms with Crippen LogP contribution in [0.2, 0.25) is 0 Å². The lowest BCUT2D eigenvalue weighted by atomic mass is 10.2. The first kappa shape index (κ1) is 16.2. The van der Waals surface area contributed by atoms with Crippen LogP contribution >= 0.6 is 0 Å². The zero-order valence-corrected chi connectivity index (χ0v) is 12.1. The molecule has 0 saturated carbocycles. The Morgan fingerprint density at radius 1 is 1.39 bits per heavy atom. The Bertz CT molecular complexity index is 746. The number of nitrogens with zero attached hydrogens (tertiary/aromatic N) is 3. The number of hydrogen-bond acceptors (Lipinski definition) is 5. The Morgan fingerprint density at radius 2 is 2.22 bits per heavy atom. The SMILES string of the molecule is O=C(N/N=C/c1cccc([N+](=O)[O-])c1)c1ccc[n+](CCO)c1. The molecule has 0 bridgehead atoms. The molecule has 1 aromatic carbocycles. The third kappa shape index (κ3) is 4.68. The van der Waals surface area contributed by atoms with E-state index in [1.807, 2.05) is 0 Å². The third-order valence-corrected chi connectivity index (χ3v) is 2.94. The molecule has 0 aliphatic rings. The smallest absolute Gasteiger partial charge is 0.277 e. The number of carbonyl (C=O) groups excluding carboxylic acids is 1. The van der Waals surface area contributed by atoms with Crippen molar-refractivity contribution in [3.63, 3.8) is 0 Å². The van der Waals surface area contributed by atoms with Crippen LogP contribution in [0.25, 0.3) is 0 Å². The number of aliphatic hydroxyl groups excluding tert-OH is 1. The molecule has 2 N–H and O–H groups in total. The van der Waals surface area contributed by atoms with E-state index in [4.69, 9.17) is 5.11 Å². The van der Waals surface area contributed by atoms with E-state index in [1.54, 1.807) is 35.2 Å². The number of hydrazone groups is 1. The van der Waals surface area contributed by atoms with Gasteiger partial charge in [-0.05, 0) is 6.07 Å². The van der Waals surface area contributed by atoms with E-state index in [1.165, 1.54) is 24.4 Å². The van der Waals surface area contributed by atoms with Gasteiger partial charge in [-0.1, -0.05) is 12.1 Å². The highest BCUT2D eigenvalue weighted by Gasteiger charge is 2.09. The van der Waals surface area contributed by atoms with Crippen LogP contribution < -0.4 is 9.99 Å². The normalized spacial score (nSPS) is 10.7. The van der Waals surface area contributed by atoms with Crippen LogP contribution in [0.3, 0.4) is 0 Å². The molecule has 0 spiro atoms. The fourth-order valence-electron chi connectivity index (χ4n) is 1.86. The maximum atomic E-state index is 12.0. The van der Waals surface area contributed by atoms with Gasteiger partial charge in [0.2, 0.25) is 0 Å². The van der Waals surface area contributed by atoms with Crippen molar-refractivity contribution in [2.75, 3.05) is 6.61 Å². The zero-order chi connectivity index (χ0) is 16.7. The van der Waals surface area contributed by atoms with Gasteiger partial charge in [-0.15, -0.1) is 0 Å². The molecular weight excluding hydrogens is 300 g/mol.